The lowest BCUT2D eigenvalue weighted by Crippen LogP contribution is -1.93. The summed E-state index contributed by atoms with van der Waals surface area (Å²) in [5.74, 6) is -0.763. The maximum absolute atomic E-state index is 10.1. The van der Waals surface area contributed by atoms with E-state index in [9.17, 15) is 9.59 Å². The summed E-state index contributed by atoms with van der Waals surface area (Å²) < 4.78 is 0. The van der Waals surface area contributed by atoms with Crippen LogP contribution in [0.5, 0.6) is 11.5 Å². The SMILES string of the molecule is CCCCCCCCCC(=O)O.CCCCCCCCCC(=O)O.Oc1ccc(Cc2ccc(O)cc2)cc1. The van der Waals surface area contributed by atoms with Crippen molar-refractivity contribution >= 4 is 11.9 Å². The molecule has 4 N–H and O–H groups in total. The third-order valence-electron chi connectivity index (χ3n) is 6.27. The van der Waals surface area contributed by atoms with Gasteiger partial charge in [0.15, 0.2) is 0 Å². The first-order valence-corrected chi connectivity index (χ1v) is 14.8. The van der Waals surface area contributed by atoms with Crippen molar-refractivity contribution in [1.82, 2.24) is 0 Å². The smallest absolute Gasteiger partial charge is 0.303 e. The molecular weight excluding hydrogens is 492 g/mol. The standard InChI is InChI=1S/C13H12O2.2C10H20O2/c14-12-5-1-10(2-6-12)9-11-3-7-13(15)8-4-11;2*1-2-3-4-5-6-7-8-9-10(11)12/h1-8,14-15H,9H2;2*2-9H2,1H3,(H,11,12). The quantitative estimate of drug-likeness (QED) is 0.139. The molecule has 0 heterocycles. The van der Waals surface area contributed by atoms with Crippen LogP contribution in [-0.4, -0.2) is 32.4 Å². The van der Waals surface area contributed by atoms with E-state index in [1.54, 1.807) is 24.3 Å². The van der Waals surface area contributed by atoms with E-state index < -0.39 is 11.9 Å². The lowest BCUT2D eigenvalue weighted by molar-refractivity contribution is -0.138. The van der Waals surface area contributed by atoms with E-state index in [-0.39, 0.29) is 11.5 Å². The molecule has 0 saturated carbocycles. The van der Waals surface area contributed by atoms with Crippen LogP contribution in [0.4, 0.5) is 0 Å². The average molecular weight is 545 g/mol. The summed E-state index contributed by atoms with van der Waals surface area (Å²) >= 11 is 0. The van der Waals surface area contributed by atoms with Crippen molar-refractivity contribution in [2.45, 2.75) is 123 Å². The summed E-state index contributed by atoms with van der Waals surface area (Å²) in [6, 6.07) is 14.3. The van der Waals surface area contributed by atoms with Crippen molar-refractivity contribution < 1.29 is 30.0 Å². The molecule has 0 aliphatic carbocycles. The number of carboxylic acid groups (broad SMARTS) is 2. The topological polar surface area (TPSA) is 115 Å². The molecule has 0 amide bonds. The van der Waals surface area contributed by atoms with Crippen LogP contribution in [0.15, 0.2) is 48.5 Å². The van der Waals surface area contributed by atoms with Crippen molar-refractivity contribution in [1.29, 1.82) is 0 Å². The molecular formula is C33H52O6. The van der Waals surface area contributed by atoms with Gasteiger partial charge in [0.05, 0.1) is 0 Å². The monoisotopic (exact) mass is 544 g/mol. The van der Waals surface area contributed by atoms with Gasteiger partial charge in [-0.3, -0.25) is 9.59 Å². The van der Waals surface area contributed by atoms with Crippen molar-refractivity contribution in [3.05, 3.63) is 59.7 Å². The Kier molecular flexibility index (Phi) is 23.3. The van der Waals surface area contributed by atoms with Crippen LogP contribution in [0.25, 0.3) is 0 Å². The maximum atomic E-state index is 10.1. The molecule has 0 unspecified atom stereocenters. The van der Waals surface area contributed by atoms with Gasteiger partial charge in [0.25, 0.3) is 0 Å². The van der Waals surface area contributed by atoms with Crippen LogP contribution in [0.2, 0.25) is 0 Å². The number of phenolic OH excluding ortho intramolecular Hbond substituents is 2. The number of aliphatic carboxylic acids is 2. The molecule has 2 rings (SSSR count). The molecule has 0 radical (unpaired) electrons. The molecule has 2 aromatic carbocycles. The van der Waals surface area contributed by atoms with Crippen molar-refractivity contribution in [3.63, 3.8) is 0 Å². The molecule has 0 spiro atoms. The molecule has 0 aromatic heterocycles. The largest absolute Gasteiger partial charge is 0.508 e. The predicted molar refractivity (Wildman–Crippen MR) is 160 cm³/mol. The van der Waals surface area contributed by atoms with Crippen LogP contribution in [0.3, 0.4) is 0 Å². The van der Waals surface area contributed by atoms with Gasteiger partial charge in [-0.25, -0.2) is 0 Å². The van der Waals surface area contributed by atoms with Gasteiger partial charge in [-0.2, -0.15) is 0 Å². The highest BCUT2D eigenvalue weighted by Crippen LogP contribution is 2.16. The second-order valence-electron chi connectivity index (χ2n) is 10.0. The van der Waals surface area contributed by atoms with Crippen LogP contribution in [0, 0.1) is 0 Å². The Labute approximate surface area is 236 Å². The molecule has 39 heavy (non-hydrogen) atoms. The van der Waals surface area contributed by atoms with Crippen LogP contribution in [-0.2, 0) is 16.0 Å². The Balaban J connectivity index is 0.000000563. The maximum Gasteiger partial charge on any atom is 0.303 e. The Morgan fingerprint density at radius 2 is 0.769 bits per heavy atom. The summed E-state index contributed by atoms with van der Waals surface area (Å²) in [6.07, 6.45) is 18.1. The molecule has 6 nitrogen and oxygen atoms in total. The zero-order valence-electron chi connectivity index (χ0n) is 24.2. The number of carbonyl (C=O) groups is 2. The number of unbranched alkanes of at least 4 members (excludes halogenated alkanes) is 12. The minimum atomic E-state index is -0.663. The van der Waals surface area contributed by atoms with Gasteiger partial charge in [0, 0.05) is 12.8 Å². The Morgan fingerprint density at radius 1 is 0.487 bits per heavy atom. The zero-order valence-corrected chi connectivity index (χ0v) is 24.2. The van der Waals surface area contributed by atoms with E-state index in [0.29, 0.717) is 12.8 Å². The Hall–Kier alpha value is -3.02. The van der Waals surface area contributed by atoms with Gasteiger partial charge in [-0.1, -0.05) is 115 Å². The first kappa shape index (κ1) is 36.0. The molecule has 220 valence electrons. The predicted octanol–water partition coefficient (Wildman–Crippen LogP) is 9.11. The fourth-order valence-corrected chi connectivity index (χ4v) is 3.93. The second-order valence-corrected chi connectivity index (χ2v) is 10.0. The zero-order chi connectivity index (χ0) is 29.1. The third kappa shape index (κ3) is 25.0. The summed E-state index contributed by atoms with van der Waals surface area (Å²) in [4.78, 5) is 20.3. The van der Waals surface area contributed by atoms with E-state index in [2.05, 4.69) is 13.8 Å². The van der Waals surface area contributed by atoms with E-state index in [0.717, 1.165) is 43.2 Å². The van der Waals surface area contributed by atoms with E-state index in [1.165, 1.54) is 64.2 Å². The Morgan fingerprint density at radius 3 is 1.05 bits per heavy atom. The normalized spacial score (nSPS) is 10.1. The lowest BCUT2D eigenvalue weighted by Gasteiger charge is -2.02. The van der Waals surface area contributed by atoms with Gasteiger partial charge >= 0.3 is 11.9 Å². The fraction of sp³-hybridized carbons (Fsp3) is 0.576. The number of phenols is 2. The van der Waals surface area contributed by atoms with Crippen LogP contribution in [0.1, 0.15) is 128 Å². The summed E-state index contributed by atoms with van der Waals surface area (Å²) in [5, 5.41) is 35.0. The van der Waals surface area contributed by atoms with Gasteiger partial charge in [-0.15, -0.1) is 0 Å². The molecule has 0 aliphatic rings. The molecule has 2 aromatic rings. The van der Waals surface area contributed by atoms with E-state index in [1.807, 2.05) is 24.3 Å². The number of carboxylic acids is 2. The number of aromatic hydroxyl groups is 2. The van der Waals surface area contributed by atoms with Gasteiger partial charge < -0.3 is 20.4 Å². The number of hydrogen-bond donors (Lipinski definition) is 4. The van der Waals surface area contributed by atoms with Crippen LogP contribution >= 0.6 is 0 Å². The van der Waals surface area contributed by atoms with E-state index >= 15 is 0 Å². The molecule has 0 aliphatic heterocycles. The first-order valence-electron chi connectivity index (χ1n) is 14.8. The third-order valence-corrected chi connectivity index (χ3v) is 6.27. The fourth-order valence-electron chi connectivity index (χ4n) is 3.93. The average Bonchev–Trinajstić information content (AvgIpc) is 2.91. The highest BCUT2D eigenvalue weighted by Gasteiger charge is 1.98. The minimum Gasteiger partial charge on any atom is -0.508 e. The van der Waals surface area contributed by atoms with Crippen molar-refractivity contribution in [2.24, 2.45) is 0 Å². The lowest BCUT2D eigenvalue weighted by atomic mass is 10.1. The molecule has 0 atom stereocenters. The van der Waals surface area contributed by atoms with Gasteiger partial charge in [-0.05, 0) is 54.7 Å². The number of rotatable bonds is 18. The molecule has 0 saturated heterocycles. The van der Waals surface area contributed by atoms with Crippen molar-refractivity contribution in [3.8, 4) is 11.5 Å². The van der Waals surface area contributed by atoms with E-state index in [4.69, 9.17) is 20.4 Å². The van der Waals surface area contributed by atoms with Gasteiger partial charge in [0.1, 0.15) is 11.5 Å². The number of hydrogen-bond acceptors (Lipinski definition) is 4. The molecule has 6 heteroatoms. The molecule has 0 bridgehead atoms. The molecule has 0 fully saturated rings. The second kappa shape index (κ2) is 25.3. The summed E-state index contributed by atoms with van der Waals surface area (Å²) in [5.41, 5.74) is 2.27. The summed E-state index contributed by atoms with van der Waals surface area (Å²) in [7, 11) is 0. The highest BCUT2D eigenvalue weighted by atomic mass is 16.4. The highest BCUT2D eigenvalue weighted by molar-refractivity contribution is 5.66. The minimum absolute atomic E-state index is 0.282. The van der Waals surface area contributed by atoms with Gasteiger partial charge in [0.2, 0.25) is 0 Å². The summed E-state index contributed by atoms with van der Waals surface area (Å²) in [6.45, 7) is 4.40. The van der Waals surface area contributed by atoms with Crippen molar-refractivity contribution in [2.75, 3.05) is 0 Å². The number of benzene rings is 2. The first-order chi connectivity index (χ1) is 18.8. The van der Waals surface area contributed by atoms with Crippen LogP contribution < -0.4 is 0 Å². The Bertz CT molecular complexity index is 774.